The van der Waals surface area contributed by atoms with Gasteiger partial charge < -0.3 is 0 Å². The van der Waals surface area contributed by atoms with Crippen molar-refractivity contribution in [3.63, 3.8) is 0 Å². The predicted octanol–water partition coefficient (Wildman–Crippen LogP) is 3.71. The summed E-state index contributed by atoms with van der Waals surface area (Å²) in [5, 5.41) is 0. The van der Waals surface area contributed by atoms with Gasteiger partial charge >= 0.3 is 0 Å². The van der Waals surface area contributed by atoms with Crippen LogP contribution in [0.4, 0.5) is 0 Å². The van der Waals surface area contributed by atoms with E-state index in [9.17, 15) is 0 Å². The molecule has 0 fully saturated rings. The summed E-state index contributed by atoms with van der Waals surface area (Å²) in [4.78, 5) is 0. The minimum atomic E-state index is 0.946. The van der Waals surface area contributed by atoms with Gasteiger partial charge in [0.25, 0.3) is 0 Å². The van der Waals surface area contributed by atoms with Gasteiger partial charge in [-0.25, -0.2) is 0 Å². The van der Waals surface area contributed by atoms with E-state index in [0.717, 1.165) is 6.42 Å². The van der Waals surface area contributed by atoms with Crippen LogP contribution in [0.15, 0.2) is 0 Å². The molecule has 0 nitrogen and oxygen atoms in total. The lowest BCUT2D eigenvalue weighted by molar-refractivity contribution is 0.706. The Morgan fingerprint density at radius 3 is 2.50 bits per heavy atom. The standard InChI is InChI=1S/C11H20S/c1-3-5-7-9-11-12-10-8-6-4-2/h2H,3,5-11H2,1H3. The minimum Gasteiger partial charge on any atom is -0.162 e. The van der Waals surface area contributed by atoms with E-state index in [1.54, 1.807) is 0 Å². The maximum Gasteiger partial charge on any atom is 0.00939 e. The van der Waals surface area contributed by atoms with Crippen LogP contribution in [0.2, 0.25) is 0 Å². The molecule has 0 unspecified atom stereocenters. The first-order valence-electron chi connectivity index (χ1n) is 4.93. The van der Waals surface area contributed by atoms with Crippen LogP contribution in [0.5, 0.6) is 0 Å². The van der Waals surface area contributed by atoms with E-state index in [2.05, 4.69) is 12.8 Å². The van der Waals surface area contributed by atoms with E-state index in [1.165, 1.54) is 43.6 Å². The Hall–Kier alpha value is -0.0900. The summed E-state index contributed by atoms with van der Waals surface area (Å²) < 4.78 is 0. The summed E-state index contributed by atoms with van der Waals surface area (Å²) in [5.41, 5.74) is 0. The molecule has 12 heavy (non-hydrogen) atoms. The molecular formula is C11H20S. The fraction of sp³-hybridized carbons (Fsp3) is 0.818. The van der Waals surface area contributed by atoms with Gasteiger partial charge in [0.1, 0.15) is 0 Å². The summed E-state index contributed by atoms with van der Waals surface area (Å²) in [6.07, 6.45) is 12.8. The fourth-order valence-corrected chi connectivity index (χ4v) is 1.97. The second-order valence-electron chi connectivity index (χ2n) is 2.98. The van der Waals surface area contributed by atoms with Crippen molar-refractivity contribution in [2.75, 3.05) is 11.5 Å². The number of unbranched alkanes of at least 4 members (excludes halogenated alkanes) is 4. The van der Waals surface area contributed by atoms with Crippen LogP contribution < -0.4 is 0 Å². The van der Waals surface area contributed by atoms with Crippen LogP contribution in [0.3, 0.4) is 0 Å². The van der Waals surface area contributed by atoms with E-state index in [-0.39, 0.29) is 0 Å². The SMILES string of the molecule is C#CCCCSCCCCCC. The monoisotopic (exact) mass is 184 g/mol. The molecule has 0 aromatic rings. The van der Waals surface area contributed by atoms with Crippen molar-refractivity contribution in [1.82, 2.24) is 0 Å². The van der Waals surface area contributed by atoms with Gasteiger partial charge in [-0.2, -0.15) is 11.8 Å². The van der Waals surface area contributed by atoms with Crippen LogP contribution in [0, 0.1) is 12.3 Å². The molecule has 0 aliphatic rings. The minimum absolute atomic E-state index is 0.946. The summed E-state index contributed by atoms with van der Waals surface area (Å²) in [7, 11) is 0. The van der Waals surface area contributed by atoms with Crippen molar-refractivity contribution < 1.29 is 0 Å². The fourth-order valence-electron chi connectivity index (χ4n) is 1.01. The summed E-state index contributed by atoms with van der Waals surface area (Å²) in [6.45, 7) is 2.25. The zero-order valence-electron chi connectivity index (χ0n) is 8.14. The molecule has 1 heteroatoms. The molecule has 0 saturated carbocycles. The average Bonchev–Trinajstić information content (AvgIpc) is 2.10. The van der Waals surface area contributed by atoms with Crippen molar-refractivity contribution in [1.29, 1.82) is 0 Å². The molecule has 0 heterocycles. The van der Waals surface area contributed by atoms with Gasteiger partial charge in [-0.15, -0.1) is 12.3 Å². The molecule has 0 rings (SSSR count). The topological polar surface area (TPSA) is 0 Å². The molecule has 0 bridgehead atoms. The number of thioether (sulfide) groups is 1. The third kappa shape index (κ3) is 9.91. The Bertz CT molecular complexity index is 113. The van der Waals surface area contributed by atoms with Crippen LogP contribution in [-0.4, -0.2) is 11.5 Å². The van der Waals surface area contributed by atoms with Gasteiger partial charge in [-0.1, -0.05) is 26.2 Å². The van der Waals surface area contributed by atoms with Gasteiger partial charge in [-0.05, 0) is 24.3 Å². The van der Waals surface area contributed by atoms with Crippen molar-refractivity contribution in [3.05, 3.63) is 0 Å². The number of hydrogen-bond acceptors (Lipinski definition) is 1. The summed E-state index contributed by atoms with van der Waals surface area (Å²) in [6, 6.07) is 0. The van der Waals surface area contributed by atoms with Gasteiger partial charge in [0.15, 0.2) is 0 Å². The Balaban J connectivity index is 2.78. The van der Waals surface area contributed by atoms with E-state index in [0.29, 0.717) is 0 Å². The molecule has 0 saturated heterocycles. The van der Waals surface area contributed by atoms with Crippen LogP contribution in [-0.2, 0) is 0 Å². The van der Waals surface area contributed by atoms with Crippen molar-refractivity contribution in [2.45, 2.75) is 45.4 Å². The first kappa shape index (κ1) is 11.9. The molecular weight excluding hydrogens is 164 g/mol. The smallest absolute Gasteiger partial charge is 0.00939 e. The molecule has 0 aromatic carbocycles. The molecule has 70 valence electrons. The largest absolute Gasteiger partial charge is 0.162 e. The molecule has 0 spiro atoms. The second-order valence-corrected chi connectivity index (χ2v) is 4.21. The highest BCUT2D eigenvalue weighted by molar-refractivity contribution is 7.99. The first-order valence-corrected chi connectivity index (χ1v) is 6.08. The maximum atomic E-state index is 5.15. The van der Waals surface area contributed by atoms with Crippen molar-refractivity contribution >= 4 is 11.8 Å². The summed E-state index contributed by atoms with van der Waals surface area (Å²) >= 11 is 2.05. The molecule has 0 aromatic heterocycles. The van der Waals surface area contributed by atoms with Crippen LogP contribution >= 0.6 is 11.8 Å². The highest BCUT2D eigenvalue weighted by Gasteiger charge is 1.89. The van der Waals surface area contributed by atoms with Crippen LogP contribution in [0.1, 0.15) is 45.4 Å². The normalized spacial score (nSPS) is 9.67. The Morgan fingerprint density at radius 2 is 1.83 bits per heavy atom. The Labute approximate surface area is 81.5 Å². The highest BCUT2D eigenvalue weighted by atomic mass is 32.2. The zero-order chi connectivity index (χ0) is 9.07. The molecule has 0 atom stereocenters. The third-order valence-corrected chi connectivity index (χ3v) is 2.91. The van der Waals surface area contributed by atoms with Gasteiger partial charge in [0, 0.05) is 6.42 Å². The Kier molecular flexibility index (Phi) is 10.8. The number of hydrogen-bond donors (Lipinski definition) is 0. The van der Waals surface area contributed by atoms with Gasteiger partial charge in [0.2, 0.25) is 0 Å². The lowest BCUT2D eigenvalue weighted by Gasteiger charge is -1.99. The number of terminal acetylenes is 1. The van der Waals surface area contributed by atoms with E-state index in [1.807, 2.05) is 11.8 Å². The third-order valence-electron chi connectivity index (χ3n) is 1.75. The predicted molar refractivity (Wildman–Crippen MR) is 59.5 cm³/mol. The van der Waals surface area contributed by atoms with Gasteiger partial charge in [-0.3, -0.25) is 0 Å². The number of rotatable bonds is 8. The van der Waals surface area contributed by atoms with E-state index in [4.69, 9.17) is 6.42 Å². The van der Waals surface area contributed by atoms with E-state index < -0.39 is 0 Å². The lowest BCUT2D eigenvalue weighted by atomic mass is 10.2. The van der Waals surface area contributed by atoms with E-state index >= 15 is 0 Å². The van der Waals surface area contributed by atoms with Gasteiger partial charge in [0.05, 0.1) is 0 Å². The zero-order valence-corrected chi connectivity index (χ0v) is 8.96. The van der Waals surface area contributed by atoms with Crippen molar-refractivity contribution in [2.24, 2.45) is 0 Å². The second kappa shape index (κ2) is 10.9. The molecule has 0 aliphatic carbocycles. The molecule has 0 radical (unpaired) electrons. The molecule has 0 N–H and O–H groups in total. The van der Waals surface area contributed by atoms with Crippen molar-refractivity contribution in [3.8, 4) is 12.3 Å². The quantitative estimate of drug-likeness (QED) is 0.409. The summed E-state index contributed by atoms with van der Waals surface area (Å²) in [5.74, 6) is 5.24. The Morgan fingerprint density at radius 1 is 1.08 bits per heavy atom. The maximum absolute atomic E-state index is 5.15. The molecule has 0 aliphatic heterocycles. The first-order chi connectivity index (χ1) is 5.91. The lowest BCUT2D eigenvalue weighted by Crippen LogP contribution is -1.84. The highest BCUT2D eigenvalue weighted by Crippen LogP contribution is 2.09. The molecule has 0 amide bonds. The average molecular weight is 184 g/mol. The van der Waals surface area contributed by atoms with Crippen LogP contribution in [0.25, 0.3) is 0 Å².